The number of H-pyrrole nitrogens is 1. The van der Waals surface area contributed by atoms with Gasteiger partial charge in [0.05, 0.1) is 0 Å². The molecule has 1 aromatic heterocycles. The molecule has 0 atom stereocenters. The number of aromatic nitrogens is 3. The number of aromatic hydroxyl groups is 1. The lowest BCUT2D eigenvalue weighted by Gasteiger charge is -2.06. The van der Waals surface area contributed by atoms with Gasteiger partial charge in [-0.2, -0.15) is 4.98 Å². The average molecular weight is 329 g/mol. The third-order valence-corrected chi connectivity index (χ3v) is 4.28. The fourth-order valence-electron chi connectivity index (χ4n) is 2.97. The van der Waals surface area contributed by atoms with Crippen LogP contribution in [0.2, 0.25) is 0 Å². The van der Waals surface area contributed by atoms with Crippen LogP contribution in [0.5, 0.6) is 5.75 Å². The number of carbonyl (C=O) groups excluding carboxylic acids is 1. The molecule has 0 saturated heterocycles. The zero-order valence-corrected chi connectivity index (χ0v) is 13.6. The van der Waals surface area contributed by atoms with Gasteiger partial charge >= 0.3 is 0 Å². The van der Waals surface area contributed by atoms with Crippen LogP contribution in [-0.4, -0.2) is 39.3 Å². The monoisotopic (exact) mass is 329 g/mol. The van der Waals surface area contributed by atoms with Crippen molar-refractivity contribution in [3.05, 3.63) is 35.7 Å². The van der Waals surface area contributed by atoms with Gasteiger partial charge in [0.15, 0.2) is 0 Å². The Morgan fingerprint density at radius 1 is 1.29 bits per heavy atom. The van der Waals surface area contributed by atoms with Crippen molar-refractivity contribution in [3.8, 4) is 5.75 Å². The molecule has 1 fully saturated rings. The van der Waals surface area contributed by atoms with E-state index < -0.39 is 0 Å². The topological polar surface area (TPSA) is 103 Å². The largest absolute Gasteiger partial charge is 0.508 e. The van der Waals surface area contributed by atoms with Gasteiger partial charge in [-0.05, 0) is 37.5 Å². The molecule has 4 N–H and O–H groups in total. The molecule has 0 bridgehead atoms. The number of hydrogen-bond donors (Lipinski definition) is 4. The fourth-order valence-corrected chi connectivity index (χ4v) is 2.97. The van der Waals surface area contributed by atoms with Crippen LogP contribution in [0.1, 0.15) is 54.2 Å². The minimum Gasteiger partial charge on any atom is -0.508 e. The molecule has 1 amide bonds. The number of aromatic amines is 1. The molecule has 3 rings (SSSR count). The third kappa shape index (κ3) is 4.24. The van der Waals surface area contributed by atoms with Crippen molar-refractivity contribution in [1.29, 1.82) is 0 Å². The highest BCUT2D eigenvalue weighted by atomic mass is 16.3. The van der Waals surface area contributed by atoms with Crippen molar-refractivity contribution in [3.63, 3.8) is 0 Å². The molecule has 24 heavy (non-hydrogen) atoms. The van der Waals surface area contributed by atoms with Gasteiger partial charge in [0.1, 0.15) is 11.6 Å². The minimum atomic E-state index is -0.188. The minimum absolute atomic E-state index is 0.0898. The van der Waals surface area contributed by atoms with E-state index in [2.05, 4.69) is 25.8 Å². The molecule has 1 aliphatic carbocycles. The van der Waals surface area contributed by atoms with Crippen molar-refractivity contribution in [2.45, 2.75) is 38.0 Å². The van der Waals surface area contributed by atoms with E-state index in [-0.39, 0.29) is 11.7 Å². The van der Waals surface area contributed by atoms with E-state index in [9.17, 15) is 9.90 Å². The summed E-state index contributed by atoms with van der Waals surface area (Å²) in [6.45, 7) is 1.23. The Morgan fingerprint density at radius 2 is 2.12 bits per heavy atom. The number of hydrogen-bond acceptors (Lipinski definition) is 5. The van der Waals surface area contributed by atoms with Gasteiger partial charge in [-0.3, -0.25) is 9.89 Å². The van der Waals surface area contributed by atoms with E-state index in [0.29, 0.717) is 30.5 Å². The van der Waals surface area contributed by atoms with Crippen LogP contribution in [0.3, 0.4) is 0 Å². The SMILES string of the molecule is O=C(NCCCNc1n[nH]c(C2CCCC2)n1)c1cccc(O)c1. The third-order valence-electron chi connectivity index (χ3n) is 4.28. The summed E-state index contributed by atoms with van der Waals surface area (Å²) < 4.78 is 0. The van der Waals surface area contributed by atoms with E-state index in [0.717, 1.165) is 12.2 Å². The van der Waals surface area contributed by atoms with Gasteiger partial charge in [-0.1, -0.05) is 18.9 Å². The second-order valence-corrected chi connectivity index (χ2v) is 6.11. The zero-order chi connectivity index (χ0) is 16.8. The van der Waals surface area contributed by atoms with Crippen molar-refractivity contribution < 1.29 is 9.90 Å². The molecular formula is C17H23N5O2. The summed E-state index contributed by atoms with van der Waals surface area (Å²) in [6, 6.07) is 6.31. The Hall–Kier alpha value is -2.57. The summed E-state index contributed by atoms with van der Waals surface area (Å²) in [5.41, 5.74) is 0.457. The maximum Gasteiger partial charge on any atom is 0.251 e. The van der Waals surface area contributed by atoms with Gasteiger partial charge in [-0.25, -0.2) is 0 Å². The van der Waals surface area contributed by atoms with E-state index in [1.807, 2.05) is 0 Å². The summed E-state index contributed by atoms with van der Waals surface area (Å²) in [6.07, 6.45) is 5.68. The smallest absolute Gasteiger partial charge is 0.251 e. The number of nitrogens with zero attached hydrogens (tertiary/aromatic N) is 2. The van der Waals surface area contributed by atoms with Gasteiger partial charge in [0, 0.05) is 24.6 Å². The molecule has 0 unspecified atom stereocenters. The molecule has 0 radical (unpaired) electrons. The Labute approximate surface area is 140 Å². The number of benzene rings is 1. The average Bonchev–Trinajstić information content (AvgIpc) is 3.25. The molecule has 7 heteroatoms. The molecule has 0 spiro atoms. The Morgan fingerprint density at radius 3 is 2.92 bits per heavy atom. The number of rotatable bonds is 7. The lowest BCUT2D eigenvalue weighted by atomic mass is 10.1. The van der Waals surface area contributed by atoms with Crippen LogP contribution in [0.15, 0.2) is 24.3 Å². The Kier molecular flexibility index (Phi) is 5.30. The first kappa shape index (κ1) is 16.3. The summed E-state index contributed by atoms with van der Waals surface area (Å²) in [5, 5.41) is 22.6. The number of phenols is 1. The molecule has 1 saturated carbocycles. The van der Waals surface area contributed by atoms with Crippen LogP contribution in [0.25, 0.3) is 0 Å². The second kappa shape index (κ2) is 7.81. The number of phenolic OH excluding ortho intramolecular Hbond substituents is 1. The van der Waals surface area contributed by atoms with Crippen LogP contribution in [-0.2, 0) is 0 Å². The second-order valence-electron chi connectivity index (χ2n) is 6.11. The normalized spacial score (nSPS) is 14.7. The zero-order valence-electron chi connectivity index (χ0n) is 13.6. The van der Waals surface area contributed by atoms with E-state index >= 15 is 0 Å². The van der Waals surface area contributed by atoms with Crippen molar-refractivity contribution in [2.24, 2.45) is 0 Å². The van der Waals surface area contributed by atoms with Crippen molar-refractivity contribution >= 4 is 11.9 Å². The highest BCUT2D eigenvalue weighted by Gasteiger charge is 2.20. The van der Waals surface area contributed by atoms with E-state index in [4.69, 9.17) is 0 Å². The van der Waals surface area contributed by atoms with Gasteiger partial charge in [-0.15, -0.1) is 5.10 Å². The van der Waals surface area contributed by atoms with Crippen molar-refractivity contribution in [1.82, 2.24) is 20.5 Å². The number of nitrogens with one attached hydrogen (secondary N) is 3. The summed E-state index contributed by atoms with van der Waals surface area (Å²) in [4.78, 5) is 16.4. The molecule has 0 aliphatic heterocycles. The molecule has 1 heterocycles. The van der Waals surface area contributed by atoms with Gasteiger partial charge in [0.2, 0.25) is 5.95 Å². The molecule has 7 nitrogen and oxygen atoms in total. The van der Waals surface area contributed by atoms with E-state index in [1.165, 1.54) is 37.8 Å². The first-order valence-electron chi connectivity index (χ1n) is 8.46. The Balaban J connectivity index is 1.36. The van der Waals surface area contributed by atoms with Gasteiger partial charge < -0.3 is 15.7 Å². The molecule has 1 aromatic carbocycles. The maximum atomic E-state index is 11.9. The number of carbonyl (C=O) groups is 1. The van der Waals surface area contributed by atoms with Crippen molar-refractivity contribution in [2.75, 3.05) is 18.4 Å². The molecule has 2 aromatic rings. The fraction of sp³-hybridized carbons (Fsp3) is 0.471. The van der Waals surface area contributed by atoms with E-state index in [1.54, 1.807) is 12.1 Å². The van der Waals surface area contributed by atoms with Crippen LogP contribution in [0, 0.1) is 0 Å². The highest BCUT2D eigenvalue weighted by molar-refractivity contribution is 5.94. The van der Waals surface area contributed by atoms with Crippen LogP contribution >= 0.6 is 0 Å². The molecular weight excluding hydrogens is 306 g/mol. The summed E-state index contributed by atoms with van der Waals surface area (Å²) in [7, 11) is 0. The predicted molar refractivity (Wildman–Crippen MR) is 91.1 cm³/mol. The summed E-state index contributed by atoms with van der Waals surface area (Å²) >= 11 is 0. The standard InChI is InChI=1S/C17H23N5O2/c23-14-8-3-7-13(11-14)16(24)18-9-4-10-19-17-20-15(21-22-17)12-5-1-2-6-12/h3,7-8,11-12,23H,1-2,4-6,9-10H2,(H,18,24)(H2,19,20,21,22). The lowest BCUT2D eigenvalue weighted by molar-refractivity contribution is 0.0953. The molecule has 128 valence electrons. The lowest BCUT2D eigenvalue weighted by Crippen LogP contribution is -2.25. The van der Waals surface area contributed by atoms with Crippen LogP contribution < -0.4 is 10.6 Å². The first-order valence-corrected chi connectivity index (χ1v) is 8.46. The summed E-state index contributed by atoms with van der Waals surface area (Å²) in [5.74, 6) is 2.03. The Bertz CT molecular complexity index is 679. The number of anilines is 1. The van der Waals surface area contributed by atoms with Crippen LogP contribution in [0.4, 0.5) is 5.95 Å². The van der Waals surface area contributed by atoms with Gasteiger partial charge in [0.25, 0.3) is 5.91 Å². The number of amides is 1. The molecule has 1 aliphatic rings. The predicted octanol–water partition coefficient (Wildman–Crippen LogP) is 2.40. The highest BCUT2D eigenvalue weighted by Crippen LogP contribution is 2.32. The quantitative estimate of drug-likeness (QED) is 0.584. The maximum absolute atomic E-state index is 11.9. The first-order chi connectivity index (χ1) is 11.7.